The fourth-order valence-corrected chi connectivity index (χ4v) is 2.78. The molecule has 1 fully saturated rings. The first-order valence-electron chi connectivity index (χ1n) is 6.48. The Morgan fingerprint density at radius 3 is 2.67 bits per heavy atom. The Morgan fingerprint density at radius 1 is 1.24 bits per heavy atom. The molecule has 21 heavy (non-hydrogen) atoms. The third kappa shape index (κ3) is 3.59. The SMILES string of the molecule is Fc1cc(-c2ncc(CNC3CC3)s2)cc(C(F)(F)F)c1. The molecular formula is C14H12F4N2S. The van der Waals surface area contributed by atoms with Gasteiger partial charge in [-0.1, -0.05) is 0 Å². The van der Waals surface area contributed by atoms with Crippen LogP contribution in [-0.2, 0) is 12.7 Å². The maximum atomic E-state index is 13.4. The van der Waals surface area contributed by atoms with Crippen molar-refractivity contribution in [2.75, 3.05) is 0 Å². The van der Waals surface area contributed by atoms with Gasteiger partial charge in [-0.3, -0.25) is 0 Å². The van der Waals surface area contributed by atoms with Crippen LogP contribution in [0.25, 0.3) is 10.6 Å². The lowest BCUT2D eigenvalue weighted by Crippen LogP contribution is -2.14. The quantitative estimate of drug-likeness (QED) is 0.854. The van der Waals surface area contributed by atoms with Gasteiger partial charge in [-0.25, -0.2) is 9.37 Å². The minimum atomic E-state index is -4.57. The van der Waals surface area contributed by atoms with Crippen molar-refractivity contribution in [2.24, 2.45) is 0 Å². The van der Waals surface area contributed by atoms with Gasteiger partial charge in [0, 0.05) is 29.2 Å². The lowest BCUT2D eigenvalue weighted by atomic mass is 10.1. The summed E-state index contributed by atoms with van der Waals surface area (Å²) in [5.74, 6) is -0.910. The number of rotatable bonds is 4. The summed E-state index contributed by atoms with van der Waals surface area (Å²) >= 11 is 1.28. The van der Waals surface area contributed by atoms with Crippen molar-refractivity contribution in [2.45, 2.75) is 31.6 Å². The van der Waals surface area contributed by atoms with E-state index in [0.29, 0.717) is 23.7 Å². The average molecular weight is 316 g/mol. The monoisotopic (exact) mass is 316 g/mol. The number of benzene rings is 1. The fraction of sp³-hybridized carbons (Fsp3) is 0.357. The van der Waals surface area contributed by atoms with E-state index in [4.69, 9.17) is 0 Å². The molecule has 2 nitrogen and oxygen atoms in total. The lowest BCUT2D eigenvalue weighted by Gasteiger charge is -2.08. The van der Waals surface area contributed by atoms with Crippen molar-refractivity contribution in [3.63, 3.8) is 0 Å². The van der Waals surface area contributed by atoms with Crippen LogP contribution in [0.3, 0.4) is 0 Å². The molecule has 1 aromatic carbocycles. The summed E-state index contributed by atoms with van der Waals surface area (Å²) < 4.78 is 51.5. The van der Waals surface area contributed by atoms with Crippen LogP contribution in [0, 0.1) is 5.82 Å². The van der Waals surface area contributed by atoms with Gasteiger partial charge in [0.2, 0.25) is 0 Å². The number of hydrogen-bond acceptors (Lipinski definition) is 3. The molecule has 1 aliphatic carbocycles. The third-order valence-electron chi connectivity index (χ3n) is 3.17. The molecule has 0 spiro atoms. The molecule has 0 bridgehead atoms. The molecule has 1 saturated carbocycles. The Balaban J connectivity index is 1.83. The molecule has 0 saturated heterocycles. The van der Waals surface area contributed by atoms with Gasteiger partial charge in [0.1, 0.15) is 10.8 Å². The Labute approximate surface area is 122 Å². The van der Waals surface area contributed by atoms with Gasteiger partial charge in [-0.15, -0.1) is 11.3 Å². The summed E-state index contributed by atoms with van der Waals surface area (Å²) in [5, 5.41) is 3.70. The van der Waals surface area contributed by atoms with Crippen LogP contribution in [0.1, 0.15) is 23.3 Å². The van der Waals surface area contributed by atoms with Gasteiger partial charge in [0.25, 0.3) is 0 Å². The van der Waals surface area contributed by atoms with Crippen LogP contribution in [0.15, 0.2) is 24.4 Å². The van der Waals surface area contributed by atoms with E-state index in [-0.39, 0.29) is 5.56 Å². The molecule has 0 unspecified atom stereocenters. The molecule has 3 rings (SSSR count). The van der Waals surface area contributed by atoms with E-state index in [1.54, 1.807) is 6.20 Å². The molecule has 1 N–H and O–H groups in total. The zero-order chi connectivity index (χ0) is 15.0. The molecule has 0 amide bonds. The molecule has 1 heterocycles. The smallest absolute Gasteiger partial charge is 0.309 e. The molecule has 0 radical (unpaired) electrons. The highest BCUT2D eigenvalue weighted by molar-refractivity contribution is 7.15. The molecule has 0 atom stereocenters. The molecular weight excluding hydrogens is 304 g/mol. The summed E-state index contributed by atoms with van der Waals surface area (Å²) in [7, 11) is 0. The van der Waals surface area contributed by atoms with E-state index >= 15 is 0 Å². The van der Waals surface area contributed by atoms with Gasteiger partial charge in [0.05, 0.1) is 5.56 Å². The normalized spacial score (nSPS) is 15.4. The third-order valence-corrected chi connectivity index (χ3v) is 4.21. The summed E-state index contributed by atoms with van der Waals surface area (Å²) in [4.78, 5) is 5.02. The van der Waals surface area contributed by atoms with Crippen LogP contribution in [0.4, 0.5) is 17.6 Å². The molecule has 1 aliphatic rings. The van der Waals surface area contributed by atoms with Gasteiger partial charge in [-0.2, -0.15) is 13.2 Å². The van der Waals surface area contributed by atoms with E-state index < -0.39 is 17.6 Å². The fourth-order valence-electron chi connectivity index (χ4n) is 1.93. The first-order valence-corrected chi connectivity index (χ1v) is 7.30. The second-order valence-corrected chi connectivity index (χ2v) is 6.13. The highest BCUT2D eigenvalue weighted by Gasteiger charge is 2.31. The van der Waals surface area contributed by atoms with Crippen molar-refractivity contribution in [3.05, 3.63) is 40.7 Å². The largest absolute Gasteiger partial charge is 0.416 e. The topological polar surface area (TPSA) is 24.9 Å². The van der Waals surface area contributed by atoms with Crippen LogP contribution < -0.4 is 5.32 Å². The van der Waals surface area contributed by atoms with Crippen molar-refractivity contribution < 1.29 is 17.6 Å². The van der Waals surface area contributed by atoms with Crippen LogP contribution >= 0.6 is 11.3 Å². The number of hydrogen-bond donors (Lipinski definition) is 1. The zero-order valence-electron chi connectivity index (χ0n) is 10.9. The standard InChI is InChI=1S/C14H12F4N2S/c15-10-4-8(3-9(5-10)14(16,17)18)13-20-7-12(21-13)6-19-11-1-2-11/h3-5,7,11,19H,1-2,6H2. The Bertz CT molecular complexity index is 647. The van der Waals surface area contributed by atoms with E-state index in [9.17, 15) is 17.6 Å². The van der Waals surface area contributed by atoms with E-state index in [1.807, 2.05) is 0 Å². The number of halogens is 4. The molecule has 1 aromatic heterocycles. The first kappa shape index (κ1) is 14.5. The number of nitrogens with zero attached hydrogens (tertiary/aromatic N) is 1. The Morgan fingerprint density at radius 2 is 2.00 bits per heavy atom. The number of thiazole rings is 1. The maximum Gasteiger partial charge on any atom is 0.416 e. The lowest BCUT2D eigenvalue weighted by molar-refractivity contribution is -0.137. The number of alkyl halides is 3. The van der Waals surface area contributed by atoms with Gasteiger partial charge >= 0.3 is 6.18 Å². The summed E-state index contributed by atoms with van der Waals surface area (Å²) in [6.45, 7) is 0.643. The predicted molar refractivity (Wildman–Crippen MR) is 72.4 cm³/mol. The summed E-state index contributed by atoms with van der Waals surface area (Å²) in [6.07, 6.45) is -0.632. The van der Waals surface area contributed by atoms with Crippen LogP contribution in [-0.4, -0.2) is 11.0 Å². The molecule has 7 heteroatoms. The van der Waals surface area contributed by atoms with E-state index in [1.165, 1.54) is 11.3 Å². The molecule has 112 valence electrons. The maximum absolute atomic E-state index is 13.4. The summed E-state index contributed by atoms with van der Waals surface area (Å²) in [5.41, 5.74) is -0.838. The van der Waals surface area contributed by atoms with Crippen LogP contribution in [0.2, 0.25) is 0 Å². The van der Waals surface area contributed by atoms with Crippen molar-refractivity contribution in [3.8, 4) is 10.6 Å². The summed E-state index contributed by atoms with van der Waals surface area (Å²) in [6, 6.07) is 3.04. The predicted octanol–water partition coefficient (Wildman–Crippen LogP) is 4.22. The van der Waals surface area contributed by atoms with Crippen molar-refractivity contribution in [1.29, 1.82) is 0 Å². The average Bonchev–Trinajstić information content (AvgIpc) is 3.11. The van der Waals surface area contributed by atoms with Gasteiger partial charge in [-0.05, 0) is 31.0 Å². The minimum absolute atomic E-state index is 0.157. The first-order chi connectivity index (χ1) is 9.91. The number of aromatic nitrogens is 1. The Kier molecular flexibility index (Phi) is 3.71. The molecule has 0 aliphatic heterocycles. The zero-order valence-corrected chi connectivity index (χ0v) is 11.7. The van der Waals surface area contributed by atoms with Gasteiger partial charge in [0.15, 0.2) is 0 Å². The van der Waals surface area contributed by atoms with Gasteiger partial charge < -0.3 is 5.32 Å². The van der Waals surface area contributed by atoms with E-state index in [0.717, 1.165) is 29.9 Å². The minimum Gasteiger partial charge on any atom is -0.309 e. The van der Waals surface area contributed by atoms with Crippen LogP contribution in [0.5, 0.6) is 0 Å². The van der Waals surface area contributed by atoms with Crippen molar-refractivity contribution >= 4 is 11.3 Å². The Hall–Kier alpha value is -1.47. The molecule has 2 aromatic rings. The van der Waals surface area contributed by atoms with E-state index in [2.05, 4.69) is 10.3 Å². The highest BCUT2D eigenvalue weighted by atomic mass is 32.1. The second kappa shape index (κ2) is 5.38. The highest BCUT2D eigenvalue weighted by Crippen LogP contribution is 2.34. The number of nitrogens with one attached hydrogen (secondary N) is 1. The van der Waals surface area contributed by atoms with Crippen molar-refractivity contribution in [1.82, 2.24) is 10.3 Å². The second-order valence-electron chi connectivity index (χ2n) is 5.01.